The van der Waals surface area contributed by atoms with Crippen molar-refractivity contribution in [3.8, 4) is 0 Å². The highest BCUT2D eigenvalue weighted by molar-refractivity contribution is 5.79. The van der Waals surface area contributed by atoms with E-state index in [4.69, 9.17) is 4.74 Å². The number of pyridine rings is 1. The van der Waals surface area contributed by atoms with Gasteiger partial charge in [-0.25, -0.2) is 0 Å². The fourth-order valence-electron chi connectivity index (χ4n) is 3.94. The Hall–Kier alpha value is -2.24. The van der Waals surface area contributed by atoms with Gasteiger partial charge in [0.15, 0.2) is 0 Å². The fraction of sp³-hybridized carbons (Fsp3) is 0.429. The number of nitrogens with zero attached hydrogens (tertiary/aromatic N) is 3. The van der Waals surface area contributed by atoms with Crippen molar-refractivity contribution < 1.29 is 9.53 Å². The van der Waals surface area contributed by atoms with Gasteiger partial charge in [-0.15, -0.1) is 0 Å². The fourth-order valence-corrected chi connectivity index (χ4v) is 3.94. The van der Waals surface area contributed by atoms with Gasteiger partial charge in [0.2, 0.25) is 5.91 Å². The Balaban J connectivity index is 1.27. The highest BCUT2D eigenvalue weighted by Crippen LogP contribution is 2.37. The zero-order valence-electron chi connectivity index (χ0n) is 15.2. The summed E-state index contributed by atoms with van der Waals surface area (Å²) in [5.41, 5.74) is 2.14. The molecule has 2 fully saturated rings. The number of amides is 1. The second-order valence-corrected chi connectivity index (χ2v) is 7.54. The summed E-state index contributed by atoms with van der Waals surface area (Å²) in [7, 11) is 2.16. The SMILES string of the molecule is CN(Cc1ccccc1)[C@@H]1COC2(C1)CN(C(=O)Cc1cccnc1)C2. The van der Waals surface area contributed by atoms with Gasteiger partial charge in [0.25, 0.3) is 0 Å². The zero-order chi connectivity index (χ0) is 18.0. The number of aromatic nitrogens is 1. The lowest BCUT2D eigenvalue weighted by atomic mass is 9.88. The summed E-state index contributed by atoms with van der Waals surface area (Å²) >= 11 is 0. The van der Waals surface area contributed by atoms with Gasteiger partial charge in [0.05, 0.1) is 26.1 Å². The van der Waals surface area contributed by atoms with E-state index in [1.165, 1.54) is 5.56 Å². The van der Waals surface area contributed by atoms with E-state index < -0.39 is 0 Å². The van der Waals surface area contributed by atoms with Crippen molar-refractivity contribution in [3.05, 3.63) is 66.0 Å². The molecule has 3 heterocycles. The molecule has 0 N–H and O–H groups in total. The van der Waals surface area contributed by atoms with E-state index in [0.717, 1.165) is 25.1 Å². The lowest BCUT2D eigenvalue weighted by Crippen LogP contribution is -2.63. The molecule has 5 heteroatoms. The van der Waals surface area contributed by atoms with E-state index in [0.29, 0.717) is 25.6 Å². The first-order valence-electron chi connectivity index (χ1n) is 9.18. The Bertz CT molecular complexity index is 744. The van der Waals surface area contributed by atoms with Crippen molar-refractivity contribution in [2.75, 3.05) is 26.7 Å². The van der Waals surface area contributed by atoms with Gasteiger partial charge in [-0.3, -0.25) is 14.7 Å². The Morgan fingerprint density at radius 2 is 2.00 bits per heavy atom. The van der Waals surface area contributed by atoms with Crippen LogP contribution in [-0.4, -0.2) is 59.1 Å². The van der Waals surface area contributed by atoms with Crippen molar-refractivity contribution in [1.82, 2.24) is 14.8 Å². The molecule has 4 rings (SSSR count). The molecule has 5 nitrogen and oxygen atoms in total. The molecule has 0 unspecified atom stereocenters. The topological polar surface area (TPSA) is 45.7 Å². The molecule has 0 saturated carbocycles. The summed E-state index contributed by atoms with van der Waals surface area (Å²) in [6.07, 6.45) is 4.90. The maximum Gasteiger partial charge on any atom is 0.227 e. The average Bonchev–Trinajstić information content (AvgIpc) is 3.08. The predicted octanol–water partition coefficient (Wildman–Crippen LogP) is 2.13. The quantitative estimate of drug-likeness (QED) is 0.828. The maximum atomic E-state index is 12.4. The van der Waals surface area contributed by atoms with E-state index in [9.17, 15) is 4.79 Å². The summed E-state index contributed by atoms with van der Waals surface area (Å²) in [6, 6.07) is 14.7. The summed E-state index contributed by atoms with van der Waals surface area (Å²) in [6.45, 7) is 3.09. The van der Waals surface area contributed by atoms with Crippen LogP contribution in [0.5, 0.6) is 0 Å². The molecule has 2 aliphatic rings. The van der Waals surface area contributed by atoms with Crippen molar-refractivity contribution in [2.45, 2.75) is 31.0 Å². The molecular formula is C21H25N3O2. The molecule has 1 aromatic carbocycles. The molecule has 26 heavy (non-hydrogen) atoms. The molecular weight excluding hydrogens is 326 g/mol. The monoisotopic (exact) mass is 351 g/mol. The van der Waals surface area contributed by atoms with Gasteiger partial charge in [-0.2, -0.15) is 0 Å². The number of hydrogen-bond donors (Lipinski definition) is 0. The third-order valence-corrected chi connectivity index (χ3v) is 5.48. The van der Waals surface area contributed by atoms with Crippen LogP contribution in [0.1, 0.15) is 17.5 Å². The van der Waals surface area contributed by atoms with Crippen molar-refractivity contribution in [2.24, 2.45) is 0 Å². The third-order valence-electron chi connectivity index (χ3n) is 5.48. The van der Waals surface area contributed by atoms with E-state index in [2.05, 4.69) is 41.2 Å². The van der Waals surface area contributed by atoms with Gasteiger partial charge in [0, 0.05) is 25.0 Å². The molecule has 0 aliphatic carbocycles. The smallest absolute Gasteiger partial charge is 0.227 e. The molecule has 1 amide bonds. The minimum atomic E-state index is -0.139. The molecule has 0 radical (unpaired) electrons. The summed E-state index contributed by atoms with van der Waals surface area (Å²) in [5.74, 6) is 0.160. The van der Waals surface area contributed by atoms with Gasteiger partial charge in [-0.05, 0) is 30.7 Å². The number of likely N-dealkylation sites (N-methyl/N-ethyl adjacent to an activating group) is 1. The van der Waals surface area contributed by atoms with E-state index in [1.54, 1.807) is 12.4 Å². The number of carbonyl (C=O) groups excluding carboxylic acids is 1. The van der Waals surface area contributed by atoms with Gasteiger partial charge < -0.3 is 9.64 Å². The van der Waals surface area contributed by atoms with Gasteiger partial charge in [-0.1, -0.05) is 36.4 Å². The Kier molecular flexibility index (Phi) is 4.74. The molecule has 136 valence electrons. The van der Waals surface area contributed by atoms with E-state index in [-0.39, 0.29) is 11.5 Å². The highest BCUT2D eigenvalue weighted by Gasteiger charge is 2.51. The largest absolute Gasteiger partial charge is 0.370 e. The lowest BCUT2D eigenvalue weighted by molar-refractivity contribution is -0.157. The minimum absolute atomic E-state index is 0.139. The number of rotatable bonds is 5. The second kappa shape index (κ2) is 7.17. The zero-order valence-corrected chi connectivity index (χ0v) is 15.2. The van der Waals surface area contributed by atoms with E-state index >= 15 is 0 Å². The maximum absolute atomic E-state index is 12.4. The number of ether oxygens (including phenoxy) is 1. The normalized spacial score (nSPS) is 21.2. The van der Waals surface area contributed by atoms with Crippen molar-refractivity contribution >= 4 is 5.91 Å². The first kappa shape index (κ1) is 17.2. The Morgan fingerprint density at radius 1 is 1.23 bits per heavy atom. The molecule has 2 saturated heterocycles. The van der Waals surface area contributed by atoms with Crippen LogP contribution >= 0.6 is 0 Å². The average molecular weight is 351 g/mol. The standard InChI is InChI=1S/C21H25N3O2/c1-23(13-17-6-3-2-4-7-17)19-11-21(26-14-19)15-24(16-21)20(25)10-18-8-5-9-22-12-18/h2-9,12,19H,10-11,13-16H2,1H3/t19-/m0/s1. The van der Waals surface area contributed by atoms with Crippen LogP contribution in [0, 0.1) is 0 Å². The number of likely N-dealkylation sites (tertiary alicyclic amines) is 1. The second-order valence-electron chi connectivity index (χ2n) is 7.54. The van der Waals surface area contributed by atoms with Crippen LogP contribution in [-0.2, 0) is 22.5 Å². The molecule has 2 aliphatic heterocycles. The summed E-state index contributed by atoms with van der Waals surface area (Å²) < 4.78 is 6.13. The highest BCUT2D eigenvalue weighted by atomic mass is 16.5. The minimum Gasteiger partial charge on any atom is -0.370 e. The summed E-state index contributed by atoms with van der Waals surface area (Å²) in [5, 5.41) is 0. The van der Waals surface area contributed by atoms with Crippen LogP contribution in [0.25, 0.3) is 0 Å². The Labute approximate surface area is 154 Å². The Morgan fingerprint density at radius 3 is 2.73 bits per heavy atom. The molecule has 0 bridgehead atoms. The number of benzene rings is 1. The number of carbonyl (C=O) groups is 1. The van der Waals surface area contributed by atoms with Crippen LogP contribution in [0.4, 0.5) is 0 Å². The lowest BCUT2D eigenvalue weighted by Gasteiger charge is -2.47. The van der Waals surface area contributed by atoms with Gasteiger partial charge >= 0.3 is 0 Å². The summed E-state index contributed by atoms with van der Waals surface area (Å²) in [4.78, 5) is 20.8. The first-order valence-corrected chi connectivity index (χ1v) is 9.18. The van der Waals surface area contributed by atoms with Crippen LogP contribution < -0.4 is 0 Å². The molecule has 1 atom stereocenters. The van der Waals surface area contributed by atoms with Crippen LogP contribution in [0.2, 0.25) is 0 Å². The third kappa shape index (κ3) is 3.64. The molecule has 1 aromatic heterocycles. The van der Waals surface area contributed by atoms with Crippen molar-refractivity contribution in [1.29, 1.82) is 0 Å². The van der Waals surface area contributed by atoms with Crippen molar-refractivity contribution in [3.63, 3.8) is 0 Å². The first-order chi connectivity index (χ1) is 12.6. The van der Waals surface area contributed by atoms with Crippen LogP contribution in [0.15, 0.2) is 54.9 Å². The molecule has 2 aromatic rings. The predicted molar refractivity (Wildman–Crippen MR) is 99.5 cm³/mol. The van der Waals surface area contributed by atoms with Gasteiger partial charge in [0.1, 0.15) is 5.60 Å². The van der Waals surface area contributed by atoms with E-state index in [1.807, 2.05) is 23.1 Å². The number of hydrogen-bond acceptors (Lipinski definition) is 4. The molecule has 1 spiro atoms. The van der Waals surface area contributed by atoms with Crippen LogP contribution in [0.3, 0.4) is 0 Å².